The van der Waals surface area contributed by atoms with Crippen molar-refractivity contribution in [2.45, 2.75) is 36.5 Å². The second kappa shape index (κ2) is 11.1. The van der Waals surface area contributed by atoms with E-state index in [9.17, 15) is 32.1 Å². The SMILES string of the molecule is O=C(NS(=O)(=O)c1ccc(NCC2CCC(F)(F)CC2)c([N+](=O)[O-])c1)c1ccccc1Oc1cccc2[nH]ncc12. The Morgan fingerprint density at radius 2 is 1.83 bits per heavy atom. The van der Waals surface area contributed by atoms with E-state index in [1.807, 2.05) is 4.72 Å². The summed E-state index contributed by atoms with van der Waals surface area (Å²) in [7, 11) is -4.53. The first-order chi connectivity index (χ1) is 19.5. The monoisotopic (exact) mass is 585 g/mol. The molecule has 0 radical (unpaired) electrons. The molecule has 5 rings (SSSR count). The normalized spacial score (nSPS) is 15.4. The number of halogens is 2. The predicted octanol–water partition coefficient (Wildman–Crippen LogP) is 5.62. The second-order valence-corrected chi connectivity index (χ2v) is 11.4. The number of rotatable bonds is 9. The number of nitrogens with zero attached hydrogens (tertiary/aromatic N) is 2. The van der Waals surface area contributed by atoms with Crippen LogP contribution in [0.15, 0.2) is 71.8 Å². The van der Waals surface area contributed by atoms with Crippen LogP contribution in [0.1, 0.15) is 36.0 Å². The van der Waals surface area contributed by atoms with E-state index in [4.69, 9.17) is 4.74 Å². The van der Waals surface area contributed by atoms with Gasteiger partial charge in [0.25, 0.3) is 21.6 Å². The number of anilines is 1. The van der Waals surface area contributed by atoms with Crippen molar-refractivity contribution in [3.8, 4) is 11.5 Å². The molecule has 1 saturated carbocycles. The molecule has 1 fully saturated rings. The molecule has 4 aromatic rings. The third-order valence-electron chi connectivity index (χ3n) is 6.92. The number of fused-ring (bicyclic) bond motifs is 1. The van der Waals surface area contributed by atoms with Gasteiger partial charge in [0.1, 0.15) is 17.2 Å². The number of carbonyl (C=O) groups excluding carboxylic acids is 1. The van der Waals surface area contributed by atoms with Gasteiger partial charge in [0.2, 0.25) is 5.92 Å². The molecule has 0 unspecified atom stereocenters. The molecule has 14 heteroatoms. The van der Waals surface area contributed by atoms with Gasteiger partial charge >= 0.3 is 0 Å². The van der Waals surface area contributed by atoms with Crippen molar-refractivity contribution in [1.29, 1.82) is 0 Å². The van der Waals surface area contributed by atoms with Gasteiger partial charge in [-0.25, -0.2) is 21.9 Å². The number of alkyl halides is 2. The van der Waals surface area contributed by atoms with Crippen molar-refractivity contribution in [2.75, 3.05) is 11.9 Å². The number of carbonyl (C=O) groups is 1. The number of sulfonamides is 1. The van der Waals surface area contributed by atoms with Crippen LogP contribution in [0.25, 0.3) is 10.9 Å². The average molecular weight is 586 g/mol. The molecule has 0 aliphatic heterocycles. The highest BCUT2D eigenvalue weighted by Crippen LogP contribution is 2.37. The number of aromatic amines is 1. The summed E-state index contributed by atoms with van der Waals surface area (Å²) >= 11 is 0. The number of nitro benzene ring substituents is 1. The van der Waals surface area contributed by atoms with Crippen LogP contribution in [0.3, 0.4) is 0 Å². The average Bonchev–Trinajstić information content (AvgIpc) is 3.42. The molecule has 0 bridgehead atoms. The highest BCUT2D eigenvalue weighted by Gasteiger charge is 2.35. The van der Waals surface area contributed by atoms with Crippen molar-refractivity contribution in [2.24, 2.45) is 5.92 Å². The predicted molar refractivity (Wildman–Crippen MR) is 146 cm³/mol. The van der Waals surface area contributed by atoms with Crippen LogP contribution < -0.4 is 14.8 Å². The van der Waals surface area contributed by atoms with Crippen molar-refractivity contribution >= 4 is 38.2 Å². The Balaban J connectivity index is 1.32. The summed E-state index contributed by atoms with van der Waals surface area (Å²) in [5.74, 6) is -3.32. The maximum atomic E-state index is 13.4. The van der Waals surface area contributed by atoms with Crippen LogP contribution in [-0.2, 0) is 10.0 Å². The van der Waals surface area contributed by atoms with E-state index in [0.29, 0.717) is 16.7 Å². The van der Waals surface area contributed by atoms with Crippen LogP contribution >= 0.6 is 0 Å². The molecule has 0 atom stereocenters. The van der Waals surface area contributed by atoms with Crippen molar-refractivity contribution < 1.29 is 31.7 Å². The summed E-state index contributed by atoms with van der Waals surface area (Å²) in [6, 6.07) is 14.4. The number of hydrogen-bond donors (Lipinski definition) is 3. The lowest BCUT2D eigenvalue weighted by Gasteiger charge is -2.28. The fourth-order valence-corrected chi connectivity index (χ4v) is 5.65. The van der Waals surface area contributed by atoms with Crippen molar-refractivity contribution in [3.63, 3.8) is 0 Å². The summed E-state index contributed by atoms with van der Waals surface area (Å²) in [4.78, 5) is 23.6. The molecule has 41 heavy (non-hydrogen) atoms. The third-order valence-corrected chi connectivity index (χ3v) is 8.25. The lowest BCUT2D eigenvalue weighted by Crippen LogP contribution is -2.31. The van der Waals surface area contributed by atoms with Crippen LogP contribution in [0.5, 0.6) is 11.5 Å². The van der Waals surface area contributed by atoms with Gasteiger partial charge in [-0.05, 0) is 55.2 Å². The maximum absolute atomic E-state index is 13.4. The second-order valence-electron chi connectivity index (χ2n) is 9.74. The lowest BCUT2D eigenvalue weighted by molar-refractivity contribution is -0.384. The number of H-pyrrole nitrogens is 1. The molecular weight excluding hydrogens is 560 g/mol. The number of nitro groups is 1. The molecule has 0 spiro atoms. The fraction of sp³-hybridized carbons (Fsp3) is 0.259. The van der Waals surface area contributed by atoms with Crippen molar-refractivity contribution in [1.82, 2.24) is 14.9 Å². The molecule has 3 aromatic carbocycles. The van der Waals surface area contributed by atoms with Gasteiger partial charge in [0, 0.05) is 25.5 Å². The quantitative estimate of drug-likeness (QED) is 0.169. The fourth-order valence-electron chi connectivity index (χ4n) is 4.67. The highest BCUT2D eigenvalue weighted by atomic mass is 32.2. The molecule has 1 amide bonds. The number of amides is 1. The summed E-state index contributed by atoms with van der Waals surface area (Å²) in [6.07, 6.45) is 1.61. The number of ether oxygens (including phenoxy) is 1. The summed E-state index contributed by atoms with van der Waals surface area (Å²) in [5, 5.41) is 22.0. The van der Waals surface area contributed by atoms with E-state index in [1.54, 1.807) is 30.5 Å². The minimum absolute atomic E-state index is 0.0461. The van der Waals surface area contributed by atoms with E-state index in [1.165, 1.54) is 24.3 Å². The molecule has 1 aliphatic rings. The minimum Gasteiger partial charge on any atom is -0.456 e. The first kappa shape index (κ1) is 28.0. The lowest BCUT2D eigenvalue weighted by atomic mass is 9.87. The Kier molecular flexibility index (Phi) is 7.58. The Labute approximate surface area is 233 Å². The molecule has 214 valence electrons. The van der Waals surface area contributed by atoms with Crippen LogP contribution in [0, 0.1) is 16.0 Å². The Hall–Kier alpha value is -4.59. The zero-order chi connectivity index (χ0) is 29.2. The highest BCUT2D eigenvalue weighted by molar-refractivity contribution is 7.90. The Morgan fingerprint density at radius 3 is 2.59 bits per heavy atom. The topological polar surface area (TPSA) is 156 Å². The van der Waals surface area contributed by atoms with Gasteiger partial charge < -0.3 is 10.1 Å². The van der Waals surface area contributed by atoms with E-state index in [-0.39, 0.29) is 55.1 Å². The molecule has 1 heterocycles. The van der Waals surface area contributed by atoms with Crippen molar-refractivity contribution in [3.05, 3.63) is 82.5 Å². The van der Waals surface area contributed by atoms with Gasteiger partial charge in [-0.15, -0.1) is 0 Å². The largest absolute Gasteiger partial charge is 0.456 e. The van der Waals surface area contributed by atoms with Crippen LogP contribution in [0.4, 0.5) is 20.2 Å². The number of aromatic nitrogens is 2. The Bertz CT molecular complexity index is 1720. The van der Waals surface area contributed by atoms with E-state index in [2.05, 4.69) is 15.5 Å². The van der Waals surface area contributed by atoms with Gasteiger partial charge in [0.15, 0.2) is 0 Å². The molecule has 3 N–H and O–H groups in total. The molecule has 0 saturated heterocycles. The van der Waals surface area contributed by atoms with E-state index in [0.717, 1.165) is 12.1 Å². The van der Waals surface area contributed by atoms with E-state index >= 15 is 0 Å². The standard InChI is InChI=1S/C27H25F2N5O6S/c28-27(29)12-10-17(11-13-27)15-30-22-9-8-18(14-23(22)34(36)37)41(38,39)33-26(35)19-4-1-2-6-24(19)40-25-7-3-5-21-20(25)16-31-32-21/h1-9,14,16-17,30H,10-13,15H2,(H,31,32)(H,33,35). The van der Waals surface area contributed by atoms with Gasteiger partial charge in [-0.3, -0.25) is 20.0 Å². The maximum Gasteiger partial charge on any atom is 0.293 e. The van der Waals surface area contributed by atoms with E-state index < -0.39 is 37.4 Å². The van der Waals surface area contributed by atoms with Crippen LogP contribution in [-0.4, -0.2) is 41.9 Å². The number of nitrogens with one attached hydrogen (secondary N) is 3. The molecule has 1 aliphatic carbocycles. The molecule has 1 aromatic heterocycles. The Morgan fingerprint density at radius 1 is 1.10 bits per heavy atom. The summed E-state index contributed by atoms with van der Waals surface area (Å²) in [5.41, 5.74) is 0.137. The van der Waals surface area contributed by atoms with Gasteiger partial charge in [-0.2, -0.15) is 5.10 Å². The zero-order valence-corrected chi connectivity index (χ0v) is 22.3. The number of benzene rings is 3. The first-order valence-electron chi connectivity index (χ1n) is 12.7. The summed E-state index contributed by atoms with van der Waals surface area (Å²) in [6.45, 7) is 0.225. The number of hydrogen-bond acceptors (Lipinski definition) is 8. The van der Waals surface area contributed by atoms with Crippen LogP contribution in [0.2, 0.25) is 0 Å². The van der Waals surface area contributed by atoms with Gasteiger partial charge in [-0.1, -0.05) is 18.2 Å². The van der Waals surface area contributed by atoms with Gasteiger partial charge in [0.05, 0.1) is 32.5 Å². The summed E-state index contributed by atoms with van der Waals surface area (Å²) < 4.78 is 60.9. The minimum atomic E-state index is -4.53. The molecular formula is C27H25F2N5O6S. The third kappa shape index (κ3) is 6.27. The smallest absolute Gasteiger partial charge is 0.293 e. The molecule has 11 nitrogen and oxygen atoms in total. The first-order valence-corrected chi connectivity index (χ1v) is 14.2. The number of para-hydroxylation sites is 1. The zero-order valence-electron chi connectivity index (χ0n) is 21.5.